The summed E-state index contributed by atoms with van der Waals surface area (Å²) in [5.74, 6) is 1.69. The van der Waals surface area contributed by atoms with Crippen LogP contribution in [-0.2, 0) is 0 Å². The summed E-state index contributed by atoms with van der Waals surface area (Å²) in [6.07, 6.45) is 15.6. The molecule has 1 saturated heterocycles. The fraction of sp³-hybridized carbons (Fsp3) is 0.250. The lowest BCUT2D eigenvalue weighted by molar-refractivity contribution is 0.379. The molecule has 1 fully saturated rings. The van der Waals surface area contributed by atoms with Gasteiger partial charge in [-0.15, -0.1) is 0 Å². The van der Waals surface area contributed by atoms with E-state index in [1.165, 1.54) is 5.69 Å². The van der Waals surface area contributed by atoms with Gasteiger partial charge >= 0.3 is 12.0 Å². The Morgan fingerprint density at radius 1 is 0.589 bits per heavy atom. The number of anilines is 6. The topological polar surface area (TPSA) is 232 Å². The number of nitrogens with two attached hydrogens (primary N) is 4. The molecule has 8 rings (SSSR count). The van der Waals surface area contributed by atoms with Crippen molar-refractivity contribution in [1.82, 2.24) is 39.9 Å². The Morgan fingerprint density at radius 3 is 1.62 bits per heavy atom. The first kappa shape index (κ1) is 37.2. The SMILES string of the molecule is COc1ncc(-c2cccc(N3CC=C(c4cnc(N)nc4N)CC3)c2)cn1.COc1ncc(-c2cccc(N3CCC(c4cnc(N)nc4N)CC3)c2)cn1. The number of benzene rings is 2. The van der Waals surface area contributed by atoms with Crippen LogP contribution in [0, 0.1) is 0 Å². The van der Waals surface area contributed by atoms with Crippen LogP contribution in [-0.4, -0.2) is 80.3 Å². The monoisotopic (exact) mass is 752 g/mol. The zero-order valence-corrected chi connectivity index (χ0v) is 31.3. The van der Waals surface area contributed by atoms with Gasteiger partial charge in [-0.05, 0) is 66.1 Å². The number of nitrogen functional groups attached to an aromatic ring is 4. The molecule has 0 unspecified atom stereocenters. The second kappa shape index (κ2) is 16.9. The fourth-order valence-corrected chi connectivity index (χ4v) is 6.89. The minimum absolute atomic E-state index is 0.193. The van der Waals surface area contributed by atoms with Gasteiger partial charge in [0.25, 0.3) is 0 Å². The van der Waals surface area contributed by atoms with Gasteiger partial charge < -0.3 is 42.2 Å². The van der Waals surface area contributed by atoms with Crippen molar-refractivity contribution in [2.24, 2.45) is 0 Å². The molecule has 0 saturated carbocycles. The largest absolute Gasteiger partial charge is 0.467 e. The van der Waals surface area contributed by atoms with Crippen LogP contribution in [0.3, 0.4) is 0 Å². The lowest BCUT2D eigenvalue weighted by atomic mass is 9.90. The van der Waals surface area contributed by atoms with Gasteiger partial charge in [0.2, 0.25) is 11.9 Å². The first-order valence-corrected chi connectivity index (χ1v) is 18.2. The van der Waals surface area contributed by atoms with E-state index in [-0.39, 0.29) is 11.9 Å². The Kier molecular flexibility index (Phi) is 11.3. The highest BCUT2D eigenvalue weighted by Crippen LogP contribution is 2.34. The maximum Gasteiger partial charge on any atom is 0.316 e. The molecule has 0 atom stereocenters. The highest BCUT2D eigenvalue weighted by Gasteiger charge is 2.24. The normalized spacial score (nSPS) is 14.4. The van der Waals surface area contributed by atoms with Crippen molar-refractivity contribution in [3.05, 3.63) is 103 Å². The van der Waals surface area contributed by atoms with Crippen molar-refractivity contribution >= 4 is 40.5 Å². The summed E-state index contributed by atoms with van der Waals surface area (Å²) in [7, 11) is 3.11. The average molecular weight is 753 g/mol. The van der Waals surface area contributed by atoms with E-state index in [1.54, 1.807) is 51.4 Å². The number of methoxy groups -OCH3 is 2. The lowest BCUT2D eigenvalue weighted by Gasteiger charge is -2.34. The van der Waals surface area contributed by atoms with Crippen LogP contribution in [0.4, 0.5) is 34.9 Å². The van der Waals surface area contributed by atoms with Crippen LogP contribution in [0.15, 0.2) is 91.8 Å². The third-order valence-corrected chi connectivity index (χ3v) is 9.90. The van der Waals surface area contributed by atoms with E-state index in [1.807, 2.05) is 12.1 Å². The van der Waals surface area contributed by atoms with Gasteiger partial charge in [0.15, 0.2) is 0 Å². The average Bonchev–Trinajstić information content (AvgIpc) is 3.24. The second-order valence-corrected chi connectivity index (χ2v) is 13.3. The zero-order valence-electron chi connectivity index (χ0n) is 31.3. The molecule has 56 heavy (non-hydrogen) atoms. The molecule has 16 heteroatoms. The van der Waals surface area contributed by atoms with Crippen LogP contribution in [0.2, 0.25) is 0 Å². The summed E-state index contributed by atoms with van der Waals surface area (Å²) in [5, 5.41) is 0. The molecule has 2 aromatic carbocycles. The Labute approximate surface area is 324 Å². The molecule has 8 N–H and O–H groups in total. The smallest absolute Gasteiger partial charge is 0.316 e. The highest BCUT2D eigenvalue weighted by molar-refractivity contribution is 5.76. The molecule has 0 bridgehead atoms. The molecule has 0 aliphatic carbocycles. The minimum Gasteiger partial charge on any atom is -0.467 e. The van der Waals surface area contributed by atoms with Gasteiger partial charge in [-0.2, -0.15) is 9.97 Å². The summed E-state index contributed by atoms with van der Waals surface area (Å²) in [6.45, 7) is 3.54. The first-order valence-electron chi connectivity index (χ1n) is 18.2. The van der Waals surface area contributed by atoms with Gasteiger partial charge in [0, 0.05) is 97.0 Å². The standard InChI is InChI=1S/C20H23N7O.C20H21N7O/c2*1-28-20-24-10-15(11-25-20)14-3-2-4-16(9-14)27-7-5-13(6-8-27)17-12-23-19(22)26-18(17)21/h2-4,9-13H,5-8H2,1H3,(H4,21,22,23,26);2-5,9-12H,6-8H2,1H3,(H4,21,22,23,26). The van der Waals surface area contributed by atoms with Crippen molar-refractivity contribution in [2.75, 3.05) is 73.1 Å². The summed E-state index contributed by atoms with van der Waals surface area (Å²) in [4.78, 5) is 37.8. The molecule has 0 spiro atoms. The third-order valence-electron chi connectivity index (χ3n) is 9.90. The third kappa shape index (κ3) is 8.65. The van der Waals surface area contributed by atoms with E-state index >= 15 is 0 Å². The summed E-state index contributed by atoms with van der Waals surface area (Å²) < 4.78 is 10.1. The van der Waals surface area contributed by atoms with Crippen molar-refractivity contribution < 1.29 is 9.47 Å². The van der Waals surface area contributed by atoms with Crippen LogP contribution in [0.5, 0.6) is 12.0 Å². The predicted molar refractivity (Wildman–Crippen MR) is 219 cm³/mol. The van der Waals surface area contributed by atoms with Crippen LogP contribution in [0.1, 0.15) is 36.3 Å². The molecule has 6 heterocycles. The number of hydrogen-bond donors (Lipinski definition) is 4. The molecule has 2 aliphatic rings. The quantitative estimate of drug-likeness (QED) is 0.162. The first-order chi connectivity index (χ1) is 27.3. The van der Waals surface area contributed by atoms with Gasteiger partial charge in [0.1, 0.15) is 11.6 Å². The molecule has 6 aromatic rings. The van der Waals surface area contributed by atoms with Gasteiger partial charge in [-0.3, -0.25) is 0 Å². The van der Waals surface area contributed by atoms with Crippen LogP contribution >= 0.6 is 0 Å². The molecule has 0 amide bonds. The fourth-order valence-electron chi connectivity index (χ4n) is 6.89. The predicted octanol–water partition coefficient (Wildman–Crippen LogP) is 4.89. The molecular weight excluding hydrogens is 709 g/mol. The Morgan fingerprint density at radius 2 is 1.12 bits per heavy atom. The molecule has 16 nitrogen and oxygen atoms in total. The van der Waals surface area contributed by atoms with Crippen molar-refractivity contribution in [3.63, 3.8) is 0 Å². The van der Waals surface area contributed by atoms with E-state index in [0.29, 0.717) is 29.6 Å². The number of hydrogen-bond acceptors (Lipinski definition) is 16. The Hall–Kier alpha value is -7.10. The summed E-state index contributed by atoms with van der Waals surface area (Å²) >= 11 is 0. The molecule has 4 aromatic heterocycles. The molecule has 0 radical (unpaired) electrons. The molecule has 2 aliphatic heterocycles. The molecular formula is C40H44N14O2. The number of ether oxygens (including phenoxy) is 2. The Balaban J connectivity index is 0.000000172. The maximum absolute atomic E-state index is 6.04. The van der Waals surface area contributed by atoms with E-state index < -0.39 is 0 Å². The maximum atomic E-state index is 6.04. The zero-order chi connectivity index (χ0) is 39.0. The number of nitrogens with zero attached hydrogens (tertiary/aromatic N) is 10. The molecule has 286 valence electrons. The minimum atomic E-state index is 0.193. The van der Waals surface area contributed by atoms with E-state index in [9.17, 15) is 0 Å². The van der Waals surface area contributed by atoms with E-state index in [0.717, 1.165) is 90.1 Å². The summed E-state index contributed by atoms with van der Waals surface area (Å²) in [6, 6.07) is 17.5. The highest BCUT2D eigenvalue weighted by atomic mass is 16.5. The van der Waals surface area contributed by atoms with E-state index in [2.05, 4.69) is 92.1 Å². The Bertz CT molecular complexity index is 2300. The number of piperidine rings is 1. The van der Waals surface area contributed by atoms with Gasteiger partial charge in [-0.1, -0.05) is 30.3 Å². The van der Waals surface area contributed by atoms with Crippen LogP contribution in [0.25, 0.3) is 27.8 Å². The van der Waals surface area contributed by atoms with Crippen molar-refractivity contribution in [3.8, 4) is 34.3 Å². The summed E-state index contributed by atoms with van der Waals surface area (Å²) in [5.41, 5.74) is 32.6. The second-order valence-electron chi connectivity index (χ2n) is 13.3. The van der Waals surface area contributed by atoms with Crippen LogP contribution < -0.4 is 42.2 Å². The van der Waals surface area contributed by atoms with E-state index in [4.69, 9.17) is 32.4 Å². The van der Waals surface area contributed by atoms with Gasteiger partial charge in [0.05, 0.1) is 14.2 Å². The number of aromatic nitrogens is 8. The van der Waals surface area contributed by atoms with Gasteiger partial charge in [-0.25, -0.2) is 29.9 Å². The van der Waals surface area contributed by atoms with Crippen molar-refractivity contribution in [1.29, 1.82) is 0 Å². The lowest BCUT2D eigenvalue weighted by Crippen LogP contribution is -2.33. The van der Waals surface area contributed by atoms with Crippen molar-refractivity contribution in [2.45, 2.75) is 25.2 Å². The number of rotatable bonds is 8.